The molecule has 4 heteroatoms. The summed E-state index contributed by atoms with van der Waals surface area (Å²) in [6.45, 7) is 0.418. The molecule has 0 saturated carbocycles. The third kappa shape index (κ3) is 4.23. The van der Waals surface area contributed by atoms with Crippen LogP contribution < -0.4 is 4.74 Å². The molecule has 0 unspecified atom stereocenters. The molecule has 0 amide bonds. The highest BCUT2D eigenvalue weighted by Gasteiger charge is 2.12. The lowest BCUT2D eigenvalue weighted by molar-refractivity contribution is -0.136. The van der Waals surface area contributed by atoms with Crippen LogP contribution in [0.2, 0.25) is 0 Å². The van der Waals surface area contributed by atoms with Crippen molar-refractivity contribution in [1.82, 2.24) is 0 Å². The third-order valence-corrected chi connectivity index (χ3v) is 3.82. The first-order valence-corrected chi connectivity index (χ1v) is 7.90. The summed E-state index contributed by atoms with van der Waals surface area (Å²) in [6.07, 6.45) is -0.354. The zero-order valence-electron chi connectivity index (χ0n) is 13.5. The van der Waals surface area contributed by atoms with Crippen LogP contribution in [-0.2, 0) is 17.8 Å². The van der Waals surface area contributed by atoms with E-state index in [0.717, 1.165) is 16.7 Å². The van der Waals surface area contributed by atoms with E-state index in [0.29, 0.717) is 12.4 Å². The molecule has 0 heterocycles. The average Bonchev–Trinajstić information content (AvgIpc) is 2.63. The molecule has 0 aliphatic heterocycles. The van der Waals surface area contributed by atoms with Crippen molar-refractivity contribution in [2.45, 2.75) is 13.0 Å². The minimum atomic E-state index is -1.07. The first kappa shape index (κ1) is 16.7. The number of para-hydroxylation sites is 1. The molecule has 0 radical (unpaired) electrons. The van der Waals surface area contributed by atoms with Crippen LogP contribution in [0.4, 0.5) is 4.39 Å². The van der Waals surface area contributed by atoms with Crippen molar-refractivity contribution in [3.8, 4) is 16.9 Å². The molecule has 0 atom stereocenters. The summed E-state index contributed by atoms with van der Waals surface area (Å²) in [7, 11) is 0. The lowest BCUT2D eigenvalue weighted by Gasteiger charge is -2.13. The molecule has 0 saturated heterocycles. The van der Waals surface area contributed by atoms with Gasteiger partial charge in [-0.25, -0.2) is 4.39 Å². The van der Waals surface area contributed by atoms with E-state index in [2.05, 4.69) is 0 Å². The van der Waals surface area contributed by atoms with Crippen LogP contribution in [-0.4, -0.2) is 11.1 Å². The van der Waals surface area contributed by atoms with Gasteiger partial charge in [0.25, 0.3) is 0 Å². The first-order valence-electron chi connectivity index (χ1n) is 7.90. The molecule has 0 bridgehead atoms. The van der Waals surface area contributed by atoms with Crippen molar-refractivity contribution < 1.29 is 19.0 Å². The second-order valence-corrected chi connectivity index (χ2v) is 5.65. The number of rotatable bonds is 6. The predicted octanol–water partition coefficient (Wildman–Crippen LogP) is 4.70. The van der Waals surface area contributed by atoms with Gasteiger partial charge in [0, 0.05) is 5.56 Å². The molecule has 0 spiro atoms. The predicted molar refractivity (Wildman–Crippen MR) is 93.9 cm³/mol. The van der Waals surface area contributed by atoms with Gasteiger partial charge in [-0.15, -0.1) is 0 Å². The SMILES string of the molecule is O=C(O)Cc1cc(-c2ccccc2OCc2ccccc2)ccc1F. The van der Waals surface area contributed by atoms with Gasteiger partial charge in [0.05, 0.1) is 6.42 Å². The summed E-state index contributed by atoms with van der Waals surface area (Å²) >= 11 is 0. The highest BCUT2D eigenvalue weighted by Crippen LogP contribution is 2.31. The Kier molecular flexibility index (Phi) is 5.09. The number of carboxylic acids is 1. The molecule has 25 heavy (non-hydrogen) atoms. The zero-order chi connectivity index (χ0) is 17.6. The Morgan fingerprint density at radius 3 is 2.44 bits per heavy atom. The van der Waals surface area contributed by atoms with Crippen molar-refractivity contribution in [2.75, 3.05) is 0 Å². The third-order valence-electron chi connectivity index (χ3n) is 3.82. The minimum Gasteiger partial charge on any atom is -0.488 e. The van der Waals surface area contributed by atoms with Gasteiger partial charge in [-0.3, -0.25) is 4.79 Å². The number of aliphatic carboxylic acids is 1. The molecule has 3 rings (SSSR count). The molecule has 126 valence electrons. The molecule has 3 nitrogen and oxygen atoms in total. The molecular formula is C21H17FO3. The summed E-state index contributed by atoms with van der Waals surface area (Å²) in [5.41, 5.74) is 2.72. The van der Waals surface area contributed by atoms with E-state index in [4.69, 9.17) is 9.84 Å². The van der Waals surface area contributed by atoms with E-state index >= 15 is 0 Å². The summed E-state index contributed by atoms with van der Waals surface area (Å²) in [5, 5.41) is 8.93. The van der Waals surface area contributed by atoms with Gasteiger partial charge in [0.2, 0.25) is 0 Å². The minimum absolute atomic E-state index is 0.155. The largest absolute Gasteiger partial charge is 0.488 e. The number of carbonyl (C=O) groups is 1. The maximum atomic E-state index is 13.8. The average molecular weight is 336 g/mol. The van der Waals surface area contributed by atoms with Crippen LogP contribution >= 0.6 is 0 Å². The van der Waals surface area contributed by atoms with Crippen LogP contribution in [0, 0.1) is 5.82 Å². The van der Waals surface area contributed by atoms with Gasteiger partial charge in [-0.2, -0.15) is 0 Å². The number of ether oxygens (including phenoxy) is 1. The molecule has 3 aromatic carbocycles. The monoisotopic (exact) mass is 336 g/mol. The number of halogens is 1. The van der Waals surface area contributed by atoms with Crippen molar-refractivity contribution in [1.29, 1.82) is 0 Å². The molecule has 0 aromatic heterocycles. The quantitative estimate of drug-likeness (QED) is 0.710. The zero-order valence-corrected chi connectivity index (χ0v) is 13.5. The van der Waals surface area contributed by atoms with Gasteiger partial charge < -0.3 is 9.84 Å². The fourth-order valence-electron chi connectivity index (χ4n) is 2.61. The molecular weight excluding hydrogens is 319 g/mol. The summed E-state index contributed by atoms with van der Waals surface area (Å²) in [5.74, 6) is -0.919. The number of hydrogen-bond acceptors (Lipinski definition) is 2. The second-order valence-electron chi connectivity index (χ2n) is 5.65. The normalized spacial score (nSPS) is 10.4. The molecule has 0 fully saturated rings. The lowest BCUT2D eigenvalue weighted by atomic mass is 10.0. The Labute approximate surface area is 145 Å². The molecule has 1 N–H and O–H groups in total. The smallest absolute Gasteiger partial charge is 0.307 e. The van der Waals surface area contributed by atoms with Gasteiger partial charge >= 0.3 is 5.97 Å². The summed E-state index contributed by atoms with van der Waals surface area (Å²) < 4.78 is 19.7. The van der Waals surface area contributed by atoms with E-state index in [1.54, 1.807) is 12.1 Å². The summed E-state index contributed by atoms with van der Waals surface area (Å²) in [4.78, 5) is 10.9. The second kappa shape index (κ2) is 7.62. The van der Waals surface area contributed by atoms with Crippen LogP contribution in [0.3, 0.4) is 0 Å². The maximum Gasteiger partial charge on any atom is 0.307 e. The molecule has 0 aliphatic rings. The van der Waals surface area contributed by atoms with Crippen molar-refractivity contribution in [3.63, 3.8) is 0 Å². The lowest BCUT2D eigenvalue weighted by Crippen LogP contribution is -2.03. The van der Waals surface area contributed by atoms with Crippen LogP contribution in [0.1, 0.15) is 11.1 Å². The first-order chi connectivity index (χ1) is 12.1. The van der Waals surface area contributed by atoms with Crippen LogP contribution in [0.15, 0.2) is 72.8 Å². The van der Waals surface area contributed by atoms with Crippen molar-refractivity contribution >= 4 is 5.97 Å². The Morgan fingerprint density at radius 2 is 1.68 bits per heavy atom. The van der Waals surface area contributed by atoms with Gasteiger partial charge in [-0.1, -0.05) is 54.6 Å². The highest BCUT2D eigenvalue weighted by atomic mass is 19.1. The van der Waals surface area contributed by atoms with E-state index in [-0.39, 0.29) is 12.0 Å². The highest BCUT2D eigenvalue weighted by molar-refractivity contribution is 5.74. The van der Waals surface area contributed by atoms with Crippen molar-refractivity contribution in [2.24, 2.45) is 0 Å². The van der Waals surface area contributed by atoms with Gasteiger partial charge in [-0.05, 0) is 34.9 Å². The number of hydrogen-bond donors (Lipinski definition) is 1. The fraction of sp³-hybridized carbons (Fsp3) is 0.0952. The van der Waals surface area contributed by atoms with E-state index in [1.165, 1.54) is 6.07 Å². The van der Waals surface area contributed by atoms with E-state index in [9.17, 15) is 9.18 Å². The van der Waals surface area contributed by atoms with Crippen LogP contribution in [0.5, 0.6) is 5.75 Å². The fourth-order valence-corrected chi connectivity index (χ4v) is 2.61. The Morgan fingerprint density at radius 1 is 0.960 bits per heavy atom. The van der Waals surface area contributed by atoms with Gasteiger partial charge in [0.15, 0.2) is 0 Å². The molecule has 0 aliphatic carbocycles. The van der Waals surface area contributed by atoms with E-state index in [1.807, 2.05) is 54.6 Å². The number of carboxylic acid groups (broad SMARTS) is 1. The standard InChI is InChI=1S/C21H17FO3/c22-19-11-10-16(12-17(19)13-21(23)24)18-8-4-5-9-20(18)25-14-15-6-2-1-3-7-15/h1-12H,13-14H2,(H,23,24). The molecule has 3 aromatic rings. The van der Waals surface area contributed by atoms with Crippen molar-refractivity contribution in [3.05, 3.63) is 89.7 Å². The Bertz CT molecular complexity index is 875. The summed E-state index contributed by atoms with van der Waals surface area (Å²) in [6, 6.07) is 21.7. The maximum absolute atomic E-state index is 13.8. The van der Waals surface area contributed by atoms with Gasteiger partial charge in [0.1, 0.15) is 18.2 Å². The Balaban J connectivity index is 1.89. The topological polar surface area (TPSA) is 46.5 Å². The van der Waals surface area contributed by atoms with E-state index < -0.39 is 11.8 Å². The van der Waals surface area contributed by atoms with Crippen LogP contribution in [0.25, 0.3) is 11.1 Å². The number of benzene rings is 3. The Hall–Kier alpha value is -3.14.